The van der Waals surface area contributed by atoms with Crippen LogP contribution in [0.4, 0.5) is 5.82 Å². The fourth-order valence-electron chi connectivity index (χ4n) is 2.51. The minimum atomic E-state index is 0.654. The Labute approximate surface area is 98.4 Å². The fraction of sp³-hybridized carbons (Fsp3) is 0.769. The van der Waals surface area contributed by atoms with Crippen molar-refractivity contribution >= 4 is 5.82 Å². The van der Waals surface area contributed by atoms with Gasteiger partial charge in [0.15, 0.2) is 5.82 Å². The van der Waals surface area contributed by atoms with Crippen LogP contribution in [0.1, 0.15) is 39.2 Å². The molecule has 0 aromatic carbocycles. The van der Waals surface area contributed by atoms with Crippen LogP contribution in [0.25, 0.3) is 0 Å². The summed E-state index contributed by atoms with van der Waals surface area (Å²) in [4.78, 5) is 2.45. The van der Waals surface area contributed by atoms with E-state index in [0.717, 1.165) is 6.54 Å². The first-order valence-corrected chi connectivity index (χ1v) is 6.38. The lowest BCUT2D eigenvalue weighted by Crippen LogP contribution is -2.27. The van der Waals surface area contributed by atoms with Crippen molar-refractivity contribution in [1.82, 2.24) is 9.78 Å². The lowest BCUT2D eigenvalue weighted by atomic mass is 10.2. The summed E-state index contributed by atoms with van der Waals surface area (Å²) in [6.45, 7) is 11.1. The third-order valence-corrected chi connectivity index (χ3v) is 3.30. The van der Waals surface area contributed by atoms with Gasteiger partial charge in [0, 0.05) is 30.9 Å². The quantitative estimate of drug-likeness (QED) is 0.782. The number of anilines is 1. The second kappa shape index (κ2) is 4.48. The van der Waals surface area contributed by atoms with E-state index in [-0.39, 0.29) is 0 Å². The summed E-state index contributed by atoms with van der Waals surface area (Å²) in [5.74, 6) is 1.86. The van der Waals surface area contributed by atoms with Gasteiger partial charge in [0.1, 0.15) is 0 Å². The minimum Gasteiger partial charge on any atom is -0.352 e. The minimum absolute atomic E-state index is 0.654. The molecule has 0 spiro atoms. The Balaban J connectivity index is 2.17. The fourth-order valence-corrected chi connectivity index (χ4v) is 2.51. The van der Waals surface area contributed by atoms with Crippen molar-refractivity contribution in [3.63, 3.8) is 0 Å². The van der Waals surface area contributed by atoms with Crippen LogP contribution >= 0.6 is 0 Å². The number of aromatic nitrogens is 2. The molecule has 1 aliphatic heterocycles. The highest BCUT2D eigenvalue weighted by molar-refractivity contribution is 5.47. The molecule has 1 aliphatic rings. The summed E-state index contributed by atoms with van der Waals surface area (Å²) in [6, 6.07) is 0.654. The van der Waals surface area contributed by atoms with Gasteiger partial charge in [-0.2, -0.15) is 5.10 Å². The molecule has 0 N–H and O–H groups in total. The maximum Gasteiger partial charge on any atom is 0.153 e. The summed E-state index contributed by atoms with van der Waals surface area (Å²) >= 11 is 0. The van der Waals surface area contributed by atoms with Gasteiger partial charge < -0.3 is 4.90 Å². The largest absolute Gasteiger partial charge is 0.352 e. The van der Waals surface area contributed by atoms with Gasteiger partial charge in [0.05, 0.1) is 0 Å². The molecule has 3 heteroatoms. The lowest BCUT2D eigenvalue weighted by Gasteiger charge is -2.21. The molecule has 1 fully saturated rings. The molecule has 1 unspecified atom stereocenters. The van der Waals surface area contributed by atoms with E-state index in [1.165, 1.54) is 30.8 Å². The zero-order chi connectivity index (χ0) is 11.7. The standard InChI is InChI=1S/C13H23N3/c1-10(2)8-15-9-11(3)13(14-15)16-7-5-6-12(16)4/h9-10,12H,5-8H2,1-4H3. The predicted molar refractivity (Wildman–Crippen MR) is 67.8 cm³/mol. The van der Waals surface area contributed by atoms with Crippen LogP contribution in [0, 0.1) is 12.8 Å². The Kier molecular flexibility index (Phi) is 3.22. The smallest absolute Gasteiger partial charge is 0.153 e. The van der Waals surface area contributed by atoms with Gasteiger partial charge in [-0.05, 0) is 32.6 Å². The van der Waals surface area contributed by atoms with Gasteiger partial charge in [-0.25, -0.2) is 0 Å². The zero-order valence-corrected chi connectivity index (χ0v) is 10.9. The Hall–Kier alpha value is -0.990. The molecule has 0 bridgehead atoms. The number of rotatable bonds is 3. The average Bonchev–Trinajstić information content (AvgIpc) is 2.71. The van der Waals surface area contributed by atoms with Crippen LogP contribution in [-0.4, -0.2) is 22.4 Å². The molecule has 1 atom stereocenters. The number of hydrogen-bond donors (Lipinski definition) is 0. The zero-order valence-electron chi connectivity index (χ0n) is 10.9. The van der Waals surface area contributed by atoms with Crippen LogP contribution in [0.5, 0.6) is 0 Å². The summed E-state index contributed by atoms with van der Waals surface area (Å²) in [5, 5.41) is 4.72. The van der Waals surface area contributed by atoms with E-state index in [4.69, 9.17) is 5.10 Å². The van der Waals surface area contributed by atoms with E-state index in [1.54, 1.807) is 0 Å². The molecule has 2 heterocycles. The monoisotopic (exact) mass is 221 g/mol. The summed E-state index contributed by atoms with van der Waals surface area (Å²) < 4.78 is 2.10. The molecule has 1 saturated heterocycles. The third kappa shape index (κ3) is 2.23. The molecule has 90 valence electrons. The molecule has 0 aliphatic carbocycles. The first-order valence-electron chi connectivity index (χ1n) is 6.38. The summed E-state index contributed by atoms with van der Waals surface area (Å²) in [7, 11) is 0. The van der Waals surface area contributed by atoms with Crippen molar-refractivity contribution in [2.45, 2.75) is 53.1 Å². The van der Waals surface area contributed by atoms with Gasteiger partial charge in [0.2, 0.25) is 0 Å². The summed E-state index contributed by atoms with van der Waals surface area (Å²) in [5.41, 5.74) is 1.31. The van der Waals surface area contributed by atoms with E-state index < -0.39 is 0 Å². The Morgan fingerprint density at radius 2 is 2.25 bits per heavy atom. The number of aryl methyl sites for hydroxylation is 1. The Bertz CT molecular complexity index is 354. The molecule has 16 heavy (non-hydrogen) atoms. The van der Waals surface area contributed by atoms with Gasteiger partial charge in [-0.3, -0.25) is 4.68 Å². The maximum absolute atomic E-state index is 4.72. The highest BCUT2D eigenvalue weighted by atomic mass is 15.4. The second-order valence-corrected chi connectivity index (χ2v) is 5.44. The van der Waals surface area contributed by atoms with Crippen LogP contribution in [0.15, 0.2) is 6.20 Å². The molecular formula is C13H23N3. The number of hydrogen-bond acceptors (Lipinski definition) is 2. The first kappa shape index (κ1) is 11.5. The van der Waals surface area contributed by atoms with Gasteiger partial charge in [-0.1, -0.05) is 13.8 Å². The Morgan fingerprint density at radius 3 is 2.81 bits per heavy atom. The van der Waals surface area contributed by atoms with Crippen molar-refractivity contribution in [2.24, 2.45) is 5.92 Å². The highest BCUT2D eigenvalue weighted by Gasteiger charge is 2.24. The van der Waals surface area contributed by atoms with E-state index >= 15 is 0 Å². The lowest BCUT2D eigenvalue weighted by molar-refractivity contribution is 0.482. The second-order valence-electron chi connectivity index (χ2n) is 5.44. The van der Waals surface area contributed by atoms with Gasteiger partial charge in [-0.15, -0.1) is 0 Å². The van der Waals surface area contributed by atoms with Crippen molar-refractivity contribution in [3.05, 3.63) is 11.8 Å². The van der Waals surface area contributed by atoms with E-state index in [2.05, 4.69) is 43.5 Å². The first-order chi connectivity index (χ1) is 7.58. The van der Waals surface area contributed by atoms with Gasteiger partial charge in [0.25, 0.3) is 0 Å². The van der Waals surface area contributed by atoms with Crippen LogP contribution in [-0.2, 0) is 6.54 Å². The van der Waals surface area contributed by atoms with Gasteiger partial charge >= 0.3 is 0 Å². The molecule has 1 aromatic heterocycles. The summed E-state index contributed by atoms with van der Waals surface area (Å²) in [6.07, 6.45) is 4.79. The average molecular weight is 221 g/mol. The molecule has 0 amide bonds. The SMILES string of the molecule is Cc1cn(CC(C)C)nc1N1CCCC1C. The van der Waals surface area contributed by atoms with Crippen LogP contribution in [0.3, 0.4) is 0 Å². The van der Waals surface area contributed by atoms with Crippen LogP contribution in [0.2, 0.25) is 0 Å². The van der Waals surface area contributed by atoms with E-state index in [9.17, 15) is 0 Å². The van der Waals surface area contributed by atoms with E-state index in [0.29, 0.717) is 12.0 Å². The molecule has 3 nitrogen and oxygen atoms in total. The van der Waals surface area contributed by atoms with Crippen LogP contribution < -0.4 is 4.90 Å². The normalized spacial score (nSPS) is 21.1. The number of nitrogens with zero attached hydrogens (tertiary/aromatic N) is 3. The van der Waals surface area contributed by atoms with Crippen molar-refractivity contribution in [1.29, 1.82) is 0 Å². The molecule has 0 saturated carbocycles. The molecule has 2 rings (SSSR count). The third-order valence-electron chi connectivity index (χ3n) is 3.30. The Morgan fingerprint density at radius 1 is 1.50 bits per heavy atom. The maximum atomic E-state index is 4.72. The van der Waals surface area contributed by atoms with Crippen molar-refractivity contribution in [3.8, 4) is 0 Å². The topological polar surface area (TPSA) is 21.1 Å². The molecule has 1 aromatic rings. The van der Waals surface area contributed by atoms with Crippen molar-refractivity contribution < 1.29 is 0 Å². The van der Waals surface area contributed by atoms with Crippen molar-refractivity contribution in [2.75, 3.05) is 11.4 Å². The van der Waals surface area contributed by atoms with E-state index in [1.807, 2.05) is 0 Å². The predicted octanol–water partition coefficient (Wildman–Crippen LogP) is 2.84. The molecular weight excluding hydrogens is 198 g/mol. The molecule has 0 radical (unpaired) electrons. The highest BCUT2D eigenvalue weighted by Crippen LogP contribution is 2.26.